The molecule has 0 aliphatic heterocycles. The van der Waals surface area contributed by atoms with Crippen molar-refractivity contribution in [3.05, 3.63) is 16.3 Å². The van der Waals surface area contributed by atoms with Crippen LogP contribution in [0.5, 0.6) is 0 Å². The van der Waals surface area contributed by atoms with Crippen molar-refractivity contribution in [3.63, 3.8) is 0 Å². The van der Waals surface area contributed by atoms with Crippen molar-refractivity contribution < 1.29 is 4.92 Å². The summed E-state index contributed by atoms with van der Waals surface area (Å²) in [6.07, 6.45) is 5.30. The Kier molecular flexibility index (Phi) is 2.40. The van der Waals surface area contributed by atoms with Crippen molar-refractivity contribution in [1.82, 2.24) is 9.97 Å². The predicted octanol–water partition coefficient (Wildman–Crippen LogP) is 1.88. The van der Waals surface area contributed by atoms with Gasteiger partial charge >= 0.3 is 5.69 Å². The normalized spacial score (nSPS) is 36.5. The van der Waals surface area contributed by atoms with Gasteiger partial charge in [-0.15, -0.1) is 0 Å². The maximum Gasteiger partial charge on any atom is 0.329 e. The van der Waals surface area contributed by atoms with E-state index in [0.29, 0.717) is 29.6 Å². The Bertz CT molecular complexity index is 562. The number of nitrogens with zero attached hydrogens (tertiary/aromatic N) is 3. The number of aromatic nitrogens is 2. The van der Waals surface area contributed by atoms with E-state index in [1.165, 1.54) is 25.5 Å². The third-order valence-electron chi connectivity index (χ3n) is 5.23. The Morgan fingerprint density at radius 1 is 1.35 bits per heavy atom. The molecular weight excluding hydrogens is 258 g/mol. The minimum absolute atomic E-state index is 0.0404. The Morgan fingerprint density at radius 2 is 2.05 bits per heavy atom. The Balaban J connectivity index is 1.58. The highest BCUT2D eigenvalue weighted by Gasteiger charge is 2.65. The largest absolute Gasteiger partial charge is 0.361 e. The molecular formula is C13H17N5O2. The summed E-state index contributed by atoms with van der Waals surface area (Å²) in [5, 5.41) is 17.2. The van der Waals surface area contributed by atoms with E-state index in [-0.39, 0.29) is 5.69 Å². The van der Waals surface area contributed by atoms with E-state index in [9.17, 15) is 10.1 Å². The van der Waals surface area contributed by atoms with Crippen molar-refractivity contribution in [2.45, 2.75) is 25.3 Å². The van der Waals surface area contributed by atoms with Crippen molar-refractivity contribution in [3.8, 4) is 0 Å². The lowest BCUT2D eigenvalue weighted by atomic mass is 10.0. The highest BCUT2D eigenvalue weighted by molar-refractivity contribution is 5.58. The maximum atomic E-state index is 11.1. The van der Waals surface area contributed by atoms with Crippen molar-refractivity contribution in [2.75, 3.05) is 17.7 Å². The molecule has 4 unspecified atom stereocenters. The molecule has 1 aromatic rings. The molecule has 3 saturated carbocycles. The van der Waals surface area contributed by atoms with Crippen LogP contribution < -0.4 is 10.6 Å². The van der Waals surface area contributed by atoms with Gasteiger partial charge in [-0.1, -0.05) is 0 Å². The summed E-state index contributed by atoms with van der Waals surface area (Å²) < 4.78 is 0. The second-order valence-corrected chi connectivity index (χ2v) is 6.09. The van der Waals surface area contributed by atoms with E-state index >= 15 is 0 Å². The summed E-state index contributed by atoms with van der Waals surface area (Å²) in [6.45, 7) is 0. The lowest BCUT2D eigenvalue weighted by Crippen LogP contribution is -2.15. The third-order valence-corrected chi connectivity index (χ3v) is 5.23. The molecule has 0 saturated heterocycles. The molecule has 106 valence electrons. The molecule has 2 bridgehead atoms. The second-order valence-electron chi connectivity index (χ2n) is 6.09. The van der Waals surface area contributed by atoms with Gasteiger partial charge in [0.2, 0.25) is 11.8 Å². The minimum atomic E-state index is -0.422. The topological polar surface area (TPSA) is 93.0 Å². The van der Waals surface area contributed by atoms with Crippen LogP contribution in [0.25, 0.3) is 0 Å². The fraction of sp³-hybridized carbons (Fsp3) is 0.692. The number of hydrogen-bond acceptors (Lipinski definition) is 6. The molecule has 3 aliphatic carbocycles. The van der Waals surface area contributed by atoms with Gasteiger partial charge in [0.05, 0.1) is 4.92 Å². The number of nitrogens with one attached hydrogen (secondary N) is 2. The van der Waals surface area contributed by atoms with Gasteiger partial charge in [-0.2, -0.15) is 4.98 Å². The lowest BCUT2D eigenvalue weighted by Gasteiger charge is -2.11. The molecule has 2 N–H and O–H groups in total. The average Bonchev–Trinajstić information content (AvgIpc) is 2.84. The van der Waals surface area contributed by atoms with Crippen LogP contribution >= 0.6 is 0 Å². The molecule has 0 aromatic carbocycles. The van der Waals surface area contributed by atoms with Crippen LogP contribution in [0.15, 0.2) is 6.20 Å². The Labute approximate surface area is 116 Å². The van der Waals surface area contributed by atoms with Crippen molar-refractivity contribution >= 4 is 17.5 Å². The number of hydrogen-bond donors (Lipinski definition) is 2. The highest BCUT2D eigenvalue weighted by Crippen LogP contribution is 2.66. The fourth-order valence-electron chi connectivity index (χ4n) is 4.41. The predicted molar refractivity (Wildman–Crippen MR) is 73.5 cm³/mol. The molecule has 7 nitrogen and oxygen atoms in total. The first-order valence-electron chi connectivity index (χ1n) is 7.14. The summed E-state index contributed by atoms with van der Waals surface area (Å²) in [5.41, 5.74) is -0.0404. The van der Waals surface area contributed by atoms with Gasteiger partial charge in [0.25, 0.3) is 0 Å². The van der Waals surface area contributed by atoms with E-state index in [0.717, 1.165) is 11.8 Å². The first kappa shape index (κ1) is 11.9. The van der Waals surface area contributed by atoms with E-state index in [1.807, 2.05) is 0 Å². The van der Waals surface area contributed by atoms with Crippen LogP contribution in [0, 0.1) is 33.8 Å². The molecule has 7 heteroatoms. The fourth-order valence-corrected chi connectivity index (χ4v) is 4.41. The van der Waals surface area contributed by atoms with Crippen LogP contribution in [-0.4, -0.2) is 28.0 Å². The maximum absolute atomic E-state index is 11.1. The molecule has 1 aromatic heterocycles. The summed E-state index contributed by atoms with van der Waals surface area (Å²) in [5.74, 6) is 3.84. The molecule has 1 heterocycles. The van der Waals surface area contributed by atoms with Crippen LogP contribution in [0.3, 0.4) is 0 Å². The molecule has 0 radical (unpaired) electrons. The van der Waals surface area contributed by atoms with Gasteiger partial charge < -0.3 is 10.6 Å². The number of fused-ring (bicyclic) bond motifs is 5. The highest BCUT2D eigenvalue weighted by atomic mass is 16.6. The number of anilines is 2. The quantitative estimate of drug-likeness (QED) is 0.643. The molecule has 0 spiro atoms. The monoisotopic (exact) mass is 275 g/mol. The first-order valence-corrected chi connectivity index (χ1v) is 7.14. The van der Waals surface area contributed by atoms with Gasteiger partial charge in [-0.3, -0.25) is 10.1 Å². The van der Waals surface area contributed by atoms with Gasteiger partial charge in [0.15, 0.2) is 0 Å². The zero-order chi connectivity index (χ0) is 13.9. The van der Waals surface area contributed by atoms with E-state index in [2.05, 4.69) is 20.6 Å². The smallest absolute Gasteiger partial charge is 0.329 e. The third kappa shape index (κ3) is 1.58. The summed E-state index contributed by atoms with van der Waals surface area (Å²) >= 11 is 0. The molecule has 0 amide bonds. The number of nitro groups is 1. The summed E-state index contributed by atoms with van der Waals surface area (Å²) in [7, 11) is 1.71. The van der Waals surface area contributed by atoms with E-state index in [4.69, 9.17) is 0 Å². The van der Waals surface area contributed by atoms with Crippen LogP contribution in [-0.2, 0) is 0 Å². The zero-order valence-corrected chi connectivity index (χ0v) is 11.2. The molecule has 3 fully saturated rings. The van der Waals surface area contributed by atoms with Crippen LogP contribution in [0.4, 0.5) is 17.5 Å². The zero-order valence-electron chi connectivity index (χ0n) is 11.2. The van der Waals surface area contributed by atoms with Gasteiger partial charge in [0, 0.05) is 13.1 Å². The lowest BCUT2D eigenvalue weighted by molar-refractivity contribution is -0.384. The van der Waals surface area contributed by atoms with Gasteiger partial charge in [-0.05, 0) is 42.9 Å². The Morgan fingerprint density at radius 3 is 2.65 bits per heavy atom. The van der Waals surface area contributed by atoms with E-state index < -0.39 is 4.92 Å². The molecule has 3 aliphatic rings. The average molecular weight is 275 g/mol. The van der Waals surface area contributed by atoms with Crippen LogP contribution in [0.1, 0.15) is 19.3 Å². The van der Waals surface area contributed by atoms with Crippen molar-refractivity contribution in [1.29, 1.82) is 0 Å². The van der Waals surface area contributed by atoms with Gasteiger partial charge in [0.1, 0.15) is 6.20 Å². The summed E-state index contributed by atoms with van der Waals surface area (Å²) in [6, 6.07) is 0.375. The van der Waals surface area contributed by atoms with Crippen LogP contribution in [0.2, 0.25) is 0 Å². The molecule has 4 rings (SSSR count). The SMILES string of the molecule is CNc1ncc([N+](=O)[O-])c(NC2C3C4CCC(C4)C23)n1. The Hall–Kier alpha value is -1.92. The second kappa shape index (κ2) is 4.04. The van der Waals surface area contributed by atoms with Crippen molar-refractivity contribution in [2.24, 2.45) is 23.7 Å². The summed E-state index contributed by atoms with van der Waals surface area (Å²) in [4.78, 5) is 18.8. The standard InChI is InChI=1S/C13H17N5O2/c1-14-13-15-5-8(18(19)20)12(17-13)16-11-9-6-2-3-7(4-6)10(9)11/h5-7,9-11H,2-4H2,1H3,(H2,14,15,16,17). The molecule has 4 atom stereocenters. The van der Waals surface area contributed by atoms with E-state index in [1.54, 1.807) is 7.05 Å². The number of rotatable bonds is 4. The molecule has 20 heavy (non-hydrogen) atoms. The minimum Gasteiger partial charge on any atom is -0.361 e. The first-order chi connectivity index (χ1) is 9.69. The van der Waals surface area contributed by atoms with Gasteiger partial charge in [-0.25, -0.2) is 4.98 Å².